The number of para-hydroxylation sites is 1. The van der Waals surface area contributed by atoms with Crippen molar-refractivity contribution >= 4 is 5.78 Å². The molecule has 0 N–H and O–H groups in total. The first-order valence-electron chi connectivity index (χ1n) is 6.53. The number of carbonyl (C=O) groups is 1. The van der Waals surface area contributed by atoms with Crippen LogP contribution >= 0.6 is 0 Å². The molecule has 1 aliphatic rings. The van der Waals surface area contributed by atoms with Gasteiger partial charge in [0.05, 0.1) is 6.61 Å². The van der Waals surface area contributed by atoms with E-state index in [0.717, 1.165) is 18.6 Å². The fourth-order valence-electron chi connectivity index (χ4n) is 2.42. The molecular formula is C15H20O3. The number of rotatable bonds is 6. The maximum absolute atomic E-state index is 11.9. The molecule has 0 aliphatic carbocycles. The molecule has 0 amide bonds. The Morgan fingerprint density at radius 3 is 3.11 bits per heavy atom. The molecule has 3 nitrogen and oxygen atoms in total. The highest BCUT2D eigenvalue weighted by molar-refractivity contribution is 5.79. The smallest absolute Gasteiger partial charge is 0.133 e. The van der Waals surface area contributed by atoms with E-state index >= 15 is 0 Å². The number of benzene rings is 1. The van der Waals surface area contributed by atoms with Gasteiger partial charge in [0.1, 0.15) is 11.5 Å². The van der Waals surface area contributed by atoms with Crippen LogP contribution in [0, 0.1) is 0 Å². The first-order valence-corrected chi connectivity index (χ1v) is 6.53. The second-order valence-electron chi connectivity index (χ2n) is 4.71. The summed E-state index contributed by atoms with van der Waals surface area (Å²) in [7, 11) is 1.67. The largest absolute Gasteiger partial charge is 0.493 e. The Hall–Kier alpha value is -1.35. The van der Waals surface area contributed by atoms with Gasteiger partial charge in [0, 0.05) is 26.6 Å². The Bertz CT molecular complexity index is 400. The number of ether oxygens (including phenoxy) is 2. The number of carbonyl (C=O) groups excluding carboxylic acids is 1. The standard InChI is InChI=1S/C15H20O3/c1-17-9-4-5-13(16)11-12-8-10-18-15-7-3-2-6-14(12)15/h2-3,6-7,12H,4-5,8-11H2,1H3. The Balaban J connectivity index is 1.92. The van der Waals surface area contributed by atoms with Crippen LogP contribution in [0.5, 0.6) is 5.75 Å². The molecule has 3 heteroatoms. The Labute approximate surface area is 108 Å². The molecule has 1 atom stereocenters. The molecule has 0 radical (unpaired) electrons. The summed E-state index contributed by atoms with van der Waals surface area (Å²) in [6.07, 6.45) is 3.00. The third kappa shape index (κ3) is 3.33. The molecule has 0 saturated carbocycles. The van der Waals surface area contributed by atoms with Gasteiger partial charge >= 0.3 is 0 Å². The van der Waals surface area contributed by atoms with Gasteiger partial charge in [-0.2, -0.15) is 0 Å². The Morgan fingerprint density at radius 1 is 1.44 bits per heavy atom. The average Bonchev–Trinajstić information content (AvgIpc) is 2.39. The number of ketones is 1. The molecule has 0 fully saturated rings. The van der Waals surface area contributed by atoms with Gasteiger partial charge < -0.3 is 9.47 Å². The second-order valence-corrected chi connectivity index (χ2v) is 4.71. The fourth-order valence-corrected chi connectivity index (χ4v) is 2.42. The van der Waals surface area contributed by atoms with E-state index in [9.17, 15) is 4.79 Å². The summed E-state index contributed by atoms with van der Waals surface area (Å²) >= 11 is 0. The lowest BCUT2D eigenvalue weighted by Gasteiger charge is -2.25. The topological polar surface area (TPSA) is 35.5 Å². The van der Waals surface area contributed by atoms with E-state index in [-0.39, 0.29) is 0 Å². The third-order valence-electron chi connectivity index (χ3n) is 3.36. The molecule has 1 unspecified atom stereocenters. The van der Waals surface area contributed by atoms with Crippen molar-refractivity contribution in [2.24, 2.45) is 0 Å². The van der Waals surface area contributed by atoms with Gasteiger partial charge in [-0.3, -0.25) is 4.79 Å². The molecule has 1 heterocycles. The fraction of sp³-hybridized carbons (Fsp3) is 0.533. The normalized spacial score (nSPS) is 17.9. The summed E-state index contributed by atoms with van der Waals surface area (Å²) < 4.78 is 10.6. The van der Waals surface area contributed by atoms with Crippen LogP contribution in [-0.4, -0.2) is 26.1 Å². The predicted molar refractivity (Wildman–Crippen MR) is 70.0 cm³/mol. The minimum atomic E-state index is 0.324. The SMILES string of the molecule is COCCCC(=O)CC1CCOc2ccccc21. The number of hydrogen-bond donors (Lipinski definition) is 0. The van der Waals surface area contributed by atoms with Gasteiger partial charge in [-0.25, -0.2) is 0 Å². The van der Waals surface area contributed by atoms with Crippen molar-refractivity contribution < 1.29 is 14.3 Å². The molecular weight excluding hydrogens is 228 g/mol. The van der Waals surface area contributed by atoms with E-state index in [2.05, 4.69) is 6.07 Å². The second kappa shape index (κ2) is 6.55. The van der Waals surface area contributed by atoms with Crippen LogP contribution < -0.4 is 4.74 Å². The van der Waals surface area contributed by atoms with Crippen molar-refractivity contribution in [2.75, 3.05) is 20.3 Å². The highest BCUT2D eigenvalue weighted by atomic mass is 16.5. The van der Waals surface area contributed by atoms with Crippen molar-refractivity contribution in [3.05, 3.63) is 29.8 Å². The quantitative estimate of drug-likeness (QED) is 0.726. The zero-order valence-electron chi connectivity index (χ0n) is 10.9. The summed E-state index contributed by atoms with van der Waals surface area (Å²) in [5.74, 6) is 1.59. The van der Waals surface area contributed by atoms with Gasteiger partial charge in [0.15, 0.2) is 0 Å². The van der Waals surface area contributed by atoms with Crippen LogP contribution in [0.3, 0.4) is 0 Å². The number of hydrogen-bond acceptors (Lipinski definition) is 3. The van der Waals surface area contributed by atoms with E-state index in [0.29, 0.717) is 37.8 Å². The highest BCUT2D eigenvalue weighted by Gasteiger charge is 2.22. The van der Waals surface area contributed by atoms with Gasteiger partial charge in [-0.05, 0) is 30.4 Å². The predicted octanol–water partition coefficient (Wildman–Crippen LogP) is 2.94. The van der Waals surface area contributed by atoms with E-state index in [1.54, 1.807) is 7.11 Å². The van der Waals surface area contributed by atoms with Gasteiger partial charge in [-0.15, -0.1) is 0 Å². The Kier molecular flexibility index (Phi) is 4.76. The first-order chi connectivity index (χ1) is 8.81. The third-order valence-corrected chi connectivity index (χ3v) is 3.36. The lowest BCUT2D eigenvalue weighted by atomic mass is 9.88. The molecule has 0 aromatic heterocycles. The Morgan fingerprint density at radius 2 is 2.28 bits per heavy atom. The van der Waals surface area contributed by atoms with E-state index < -0.39 is 0 Å². The van der Waals surface area contributed by atoms with Crippen molar-refractivity contribution in [3.63, 3.8) is 0 Å². The highest BCUT2D eigenvalue weighted by Crippen LogP contribution is 2.35. The van der Waals surface area contributed by atoms with Gasteiger partial charge in [0.2, 0.25) is 0 Å². The molecule has 1 aliphatic heterocycles. The van der Waals surface area contributed by atoms with Crippen molar-refractivity contribution in [3.8, 4) is 5.75 Å². The van der Waals surface area contributed by atoms with Crippen molar-refractivity contribution in [1.82, 2.24) is 0 Å². The van der Waals surface area contributed by atoms with Crippen molar-refractivity contribution in [2.45, 2.75) is 31.6 Å². The zero-order valence-corrected chi connectivity index (χ0v) is 10.9. The molecule has 18 heavy (non-hydrogen) atoms. The van der Waals surface area contributed by atoms with E-state index in [1.165, 1.54) is 5.56 Å². The summed E-state index contributed by atoms with van der Waals surface area (Å²) in [6, 6.07) is 8.04. The minimum Gasteiger partial charge on any atom is -0.493 e. The van der Waals surface area contributed by atoms with E-state index in [1.807, 2.05) is 18.2 Å². The first kappa shape index (κ1) is 13.1. The minimum absolute atomic E-state index is 0.324. The molecule has 2 rings (SSSR count). The van der Waals surface area contributed by atoms with Crippen LogP contribution in [0.2, 0.25) is 0 Å². The molecule has 0 saturated heterocycles. The summed E-state index contributed by atoms with van der Waals surface area (Å²) in [5, 5.41) is 0. The monoisotopic (exact) mass is 248 g/mol. The van der Waals surface area contributed by atoms with Crippen molar-refractivity contribution in [1.29, 1.82) is 0 Å². The van der Waals surface area contributed by atoms with Crippen LogP contribution in [0.15, 0.2) is 24.3 Å². The van der Waals surface area contributed by atoms with Crippen LogP contribution in [0.1, 0.15) is 37.2 Å². The maximum atomic E-state index is 11.9. The lowest BCUT2D eigenvalue weighted by Crippen LogP contribution is -2.17. The zero-order chi connectivity index (χ0) is 12.8. The van der Waals surface area contributed by atoms with Crippen LogP contribution in [0.4, 0.5) is 0 Å². The van der Waals surface area contributed by atoms with Crippen LogP contribution in [0.25, 0.3) is 0 Å². The van der Waals surface area contributed by atoms with Gasteiger partial charge in [-0.1, -0.05) is 18.2 Å². The number of methoxy groups -OCH3 is 1. The average molecular weight is 248 g/mol. The molecule has 98 valence electrons. The molecule has 1 aromatic carbocycles. The summed E-state index contributed by atoms with van der Waals surface area (Å²) in [5.41, 5.74) is 1.18. The van der Waals surface area contributed by atoms with E-state index in [4.69, 9.17) is 9.47 Å². The summed E-state index contributed by atoms with van der Waals surface area (Å²) in [6.45, 7) is 1.38. The molecule has 0 spiro atoms. The molecule has 1 aromatic rings. The molecule has 0 bridgehead atoms. The van der Waals surface area contributed by atoms with Crippen LogP contribution in [-0.2, 0) is 9.53 Å². The lowest BCUT2D eigenvalue weighted by molar-refractivity contribution is -0.119. The summed E-state index contributed by atoms with van der Waals surface area (Å²) in [4.78, 5) is 11.9. The maximum Gasteiger partial charge on any atom is 0.133 e. The van der Waals surface area contributed by atoms with Gasteiger partial charge in [0.25, 0.3) is 0 Å². The number of fused-ring (bicyclic) bond motifs is 1. The number of Topliss-reactive ketones (excluding diaryl/α,β-unsaturated/α-hetero) is 1.